The van der Waals surface area contributed by atoms with E-state index in [4.69, 9.17) is 4.74 Å². The third kappa shape index (κ3) is 4.91. The van der Waals surface area contributed by atoms with Crippen LogP contribution in [-0.4, -0.2) is 57.0 Å². The molecule has 40 heavy (non-hydrogen) atoms. The fourth-order valence-electron chi connectivity index (χ4n) is 8.49. The predicted molar refractivity (Wildman–Crippen MR) is 144 cm³/mol. The Morgan fingerprint density at radius 2 is 1.85 bits per heavy atom. The minimum absolute atomic E-state index is 0.0151. The number of amides is 1. The molecule has 4 aliphatic rings. The van der Waals surface area contributed by atoms with E-state index in [9.17, 15) is 29.4 Å². The van der Waals surface area contributed by atoms with Crippen LogP contribution >= 0.6 is 0 Å². The van der Waals surface area contributed by atoms with E-state index in [2.05, 4.69) is 17.2 Å². The van der Waals surface area contributed by atoms with Crippen molar-refractivity contribution in [2.24, 2.45) is 28.6 Å². The van der Waals surface area contributed by atoms with E-state index in [1.54, 1.807) is 30.6 Å². The number of hydrogen-bond acceptors (Lipinski definition) is 8. The van der Waals surface area contributed by atoms with Crippen LogP contribution in [0.3, 0.4) is 0 Å². The Hall–Kier alpha value is -2.91. The van der Waals surface area contributed by atoms with Gasteiger partial charge in [-0.15, -0.1) is 0 Å². The number of carbonyl (C=O) groups is 4. The maximum absolute atomic E-state index is 13.4. The third-order valence-electron chi connectivity index (χ3n) is 10.7. The fraction of sp³-hybridized carbons (Fsp3) is 0.645. The molecule has 1 aromatic rings. The lowest BCUT2D eigenvalue weighted by Crippen LogP contribution is -2.62. The summed E-state index contributed by atoms with van der Waals surface area (Å²) in [5.41, 5.74) is -0.768. The van der Waals surface area contributed by atoms with Gasteiger partial charge in [0.2, 0.25) is 11.7 Å². The molecule has 3 N–H and O–H groups in total. The average molecular weight is 553 g/mol. The number of ether oxygens (including phenoxy) is 1. The van der Waals surface area contributed by atoms with Crippen molar-refractivity contribution in [3.63, 3.8) is 0 Å². The topological polar surface area (TPSA) is 143 Å². The molecule has 1 aromatic heterocycles. The largest absolute Gasteiger partial charge is 0.458 e. The van der Waals surface area contributed by atoms with Crippen molar-refractivity contribution in [1.29, 1.82) is 0 Å². The van der Waals surface area contributed by atoms with E-state index in [1.807, 2.05) is 6.92 Å². The minimum Gasteiger partial charge on any atom is -0.458 e. The van der Waals surface area contributed by atoms with Crippen LogP contribution in [0.5, 0.6) is 0 Å². The van der Waals surface area contributed by atoms with Gasteiger partial charge < -0.3 is 20.3 Å². The van der Waals surface area contributed by atoms with E-state index in [1.165, 1.54) is 0 Å². The van der Waals surface area contributed by atoms with E-state index in [0.29, 0.717) is 19.4 Å². The number of aromatic nitrogens is 1. The maximum atomic E-state index is 13.4. The quantitative estimate of drug-likeness (QED) is 0.418. The summed E-state index contributed by atoms with van der Waals surface area (Å²) >= 11 is 0. The number of aliphatic hydroxyl groups is 2. The third-order valence-corrected chi connectivity index (χ3v) is 10.7. The van der Waals surface area contributed by atoms with Crippen LogP contribution in [0.4, 0.5) is 0 Å². The molecule has 0 aliphatic heterocycles. The Balaban J connectivity index is 1.18. The Morgan fingerprint density at radius 1 is 1.10 bits per heavy atom. The SMILES string of the molecule is C[C@]12CCC(=O)C=C1CC[C@@H]1[C@@H]2[C@@H](O)C[C@@]2(C)[C@H]1CC[C@]2(O)C(=O)COC(=O)CCC(=O)NCc1ccncc1. The summed E-state index contributed by atoms with van der Waals surface area (Å²) in [6.07, 6.45) is 8.11. The number of nitrogens with zero attached hydrogens (tertiary/aromatic N) is 1. The van der Waals surface area contributed by atoms with Crippen LogP contribution < -0.4 is 5.32 Å². The number of esters is 1. The molecular formula is C31H40N2O7. The van der Waals surface area contributed by atoms with Gasteiger partial charge >= 0.3 is 5.97 Å². The average Bonchev–Trinajstić information content (AvgIpc) is 3.20. The molecule has 9 nitrogen and oxygen atoms in total. The second-order valence-electron chi connectivity index (χ2n) is 12.7. The monoisotopic (exact) mass is 552 g/mol. The van der Waals surface area contributed by atoms with Gasteiger partial charge in [0, 0.05) is 37.2 Å². The summed E-state index contributed by atoms with van der Waals surface area (Å²) in [7, 11) is 0. The van der Waals surface area contributed by atoms with Gasteiger partial charge in [-0.05, 0) is 85.5 Å². The first kappa shape index (κ1) is 28.6. The van der Waals surface area contributed by atoms with E-state index >= 15 is 0 Å². The highest BCUT2D eigenvalue weighted by Crippen LogP contribution is 2.67. The summed E-state index contributed by atoms with van der Waals surface area (Å²) in [6.45, 7) is 3.83. The van der Waals surface area contributed by atoms with Gasteiger partial charge in [-0.25, -0.2) is 0 Å². The molecule has 0 saturated heterocycles. The second-order valence-corrected chi connectivity index (χ2v) is 12.7. The number of aliphatic hydroxyl groups excluding tert-OH is 1. The van der Waals surface area contributed by atoms with Crippen LogP contribution in [0.1, 0.15) is 77.2 Å². The molecule has 0 aromatic carbocycles. The number of ketones is 2. The number of carbonyl (C=O) groups excluding carboxylic acids is 4. The summed E-state index contributed by atoms with van der Waals surface area (Å²) in [5, 5.41) is 26.0. The summed E-state index contributed by atoms with van der Waals surface area (Å²) in [6, 6.07) is 3.57. The van der Waals surface area contributed by atoms with Crippen molar-refractivity contribution in [2.75, 3.05) is 6.61 Å². The van der Waals surface area contributed by atoms with Crippen molar-refractivity contribution in [1.82, 2.24) is 10.3 Å². The predicted octanol–water partition coefficient (Wildman–Crippen LogP) is 2.82. The number of hydrogen-bond donors (Lipinski definition) is 3. The lowest BCUT2D eigenvalue weighted by atomic mass is 9.45. The van der Waals surface area contributed by atoms with Crippen LogP contribution in [0, 0.1) is 28.6 Å². The Kier molecular flexibility index (Phi) is 7.74. The number of allylic oxidation sites excluding steroid dienone is 1. The molecule has 0 radical (unpaired) electrons. The molecule has 1 amide bonds. The van der Waals surface area contributed by atoms with E-state index in [0.717, 1.165) is 30.4 Å². The first-order valence-electron chi connectivity index (χ1n) is 14.5. The molecular weight excluding hydrogens is 512 g/mol. The van der Waals surface area contributed by atoms with Crippen molar-refractivity contribution < 1.29 is 34.1 Å². The molecule has 3 fully saturated rings. The van der Waals surface area contributed by atoms with Crippen LogP contribution in [0.15, 0.2) is 36.2 Å². The smallest absolute Gasteiger partial charge is 0.306 e. The van der Waals surface area contributed by atoms with Gasteiger partial charge in [0.1, 0.15) is 5.60 Å². The van der Waals surface area contributed by atoms with Crippen molar-refractivity contribution >= 4 is 23.4 Å². The highest BCUT2D eigenvalue weighted by molar-refractivity contribution is 5.92. The lowest BCUT2D eigenvalue weighted by molar-refractivity contribution is -0.184. The van der Waals surface area contributed by atoms with Gasteiger partial charge in [-0.3, -0.25) is 24.2 Å². The molecule has 5 rings (SSSR count). The summed E-state index contributed by atoms with van der Waals surface area (Å²) in [5.74, 6) is -1.21. The molecule has 0 bridgehead atoms. The molecule has 0 unspecified atom stereocenters. The van der Waals surface area contributed by atoms with Gasteiger partial charge in [-0.1, -0.05) is 19.4 Å². The zero-order valence-corrected chi connectivity index (χ0v) is 23.4. The Labute approximate surface area is 234 Å². The van der Waals surface area contributed by atoms with Gasteiger partial charge in [-0.2, -0.15) is 0 Å². The highest BCUT2D eigenvalue weighted by atomic mass is 16.5. The fourth-order valence-corrected chi connectivity index (χ4v) is 8.49. The number of fused-ring (bicyclic) bond motifs is 5. The number of rotatable bonds is 8. The van der Waals surface area contributed by atoms with E-state index in [-0.39, 0.29) is 60.5 Å². The van der Waals surface area contributed by atoms with Gasteiger partial charge in [0.15, 0.2) is 12.4 Å². The van der Waals surface area contributed by atoms with Crippen molar-refractivity contribution in [3.8, 4) is 0 Å². The normalized spacial score (nSPS) is 36.5. The van der Waals surface area contributed by atoms with Crippen LogP contribution in [-0.2, 0) is 30.5 Å². The number of nitrogens with one attached hydrogen (secondary N) is 1. The minimum atomic E-state index is -1.70. The summed E-state index contributed by atoms with van der Waals surface area (Å²) in [4.78, 5) is 53.8. The van der Waals surface area contributed by atoms with Crippen LogP contribution in [0.25, 0.3) is 0 Å². The number of pyridine rings is 1. The van der Waals surface area contributed by atoms with Gasteiger partial charge in [0.25, 0.3) is 0 Å². The molecule has 9 heteroatoms. The van der Waals surface area contributed by atoms with Crippen molar-refractivity contribution in [3.05, 3.63) is 41.7 Å². The maximum Gasteiger partial charge on any atom is 0.306 e. The van der Waals surface area contributed by atoms with Gasteiger partial charge in [0.05, 0.1) is 12.5 Å². The zero-order chi connectivity index (χ0) is 28.7. The molecule has 216 valence electrons. The first-order chi connectivity index (χ1) is 19.0. The Morgan fingerprint density at radius 3 is 2.60 bits per heavy atom. The Bertz CT molecular complexity index is 1220. The van der Waals surface area contributed by atoms with Crippen LogP contribution in [0.2, 0.25) is 0 Å². The van der Waals surface area contributed by atoms with Crippen molar-refractivity contribution in [2.45, 2.75) is 89.9 Å². The zero-order valence-electron chi connectivity index (χ0n) is 23.4. The highest BCUT2D eigenvalue weighted by Gasteiger charge is 2.68. The molecule has 3 saturated carbocycles. The summed E-state index contributed by atoms with van der Waals surface area (Å²) < 4.78 is 5.21. The molecule has 7 atom stereocenters. The second kappa shape index (κ2) is 10.8. The first-order valence-corrected chi connectivity index (χ1v) is 14.5. The molecule has 0 spiro atoms. The molecule has 1 heterocycles. The van der Waals surface area contributed by atoms with E-state index < -0.39 is 35.5 Å². The number of Topliss-reactive ketones (excluding diaryl/α,β-unsaturated/α-hetero) is 1. The standard InChI is InChI=1S/C31H40N2O7/c1-29-11-7-21(34)15-20(29)3-4-22-23-8-12-31(39,30(23,2)16-24(35)28(22)29)25(36)18-40-27(38)6-5-26(37)33-17-19-9-13-32-14-10-19/h9-10,13-15,22-24,28,35,39H,3-8,11-12,16-18H2,1-2H3,(H,33,37)/t22-,23-,24-,28+,29-,30-,31-/m0/s1. The lowest BCUT2D eigenvalue weighted by Gasteiger charge is -2.60. The molecule has 4 aliphatic carbocycles.